The van der Waals surface area contributed by atoms with E-state index < -0.39 is 0 Å². The average Bonchev–Trinajstić information content (AvgIpc) is 3.04. The molecule has 0 aliphatic heterocycles. The van der Waals surface area contributed by atoms with Gasteiger partial charge in [-0.05, 0) is 50.3 Å². The van der Waals surface area contributed by atoms with Crippen LogP contribution in [0.25, 0.3) is 33.5 Å². The minimum atomic E-state index is -0.0947. The number of aromatic nitrogens is 4. The van der Waals surface area contributed by atoms with Crippen molar-refractivity contribution in [3.05, 3.63) is 57.3 Å². The second kappa shape index (κ2) is 7.20. The Balaban J connectivity index is 1.97. The number of H-pyrrole nitrogens is 1. The molecule has 0 saturated carbocycles. The molecule has 0 amide bonds. The molecule has 0 fully saturated rings. The van der Waals surface area contributed by atoms with Crippen molar-refractivity contribution in [2.24, 2.45) is 0 Å². The van der Waals surface area contributed by atoms with Crippen molar-refractivity contribution in [3.63, 3.8) is 0 Å². The van der Waals surface area contributed by atoms with Crippen LogP contribution in [0.4, 0.5) is 0 Å². The standard InChI is InChI=1S/C20H16Cl2N4OS/c1-10(2)26-17-6-4-3-5-12(17)18(25-26)16-9-15(23-20(28)24-16)13-7-11(21)8-14(22)19(13)27/h3-10,27H,1-2H3,(H,23,24,28). The monoisotopic (exact) mass is 430 g/mol. The lowest BCUT2D eigenvalue weighted by Gasteiger charge is -2.08. The van der Waals surface area contributed by atoms with E-state index in [1.165, 1.54) is 6.07 Å². The van der Waals surface area contributed by atoms with Crippen LogP contribution in [0.5, 0.6) is 5.75 Å². The third-order valence-corrected chi connectivity index (χ3v) is 5.11. The Bertz CT molecular complexity index is 1260. The molecule has 2 N–H and O–H groups in total. The predicted octanol–water partition coefficient (Wildman–Crippen LogP) is 6.42. The zero-order valence-corrected chi connectivity index (χ0v) is 17.4. The van der Waals surface area contributed by atoms with Crippen molar-refractivity contribution < 1.29 is 5.11 Å². The van der Waals surface area contributed by atoms with E-state index in [0.29, 0.717) is 22.0 Å². The molecule has 2 aromatic carbocycles. The first-order valence-electron chi connectivity index (χ1n) is 8.62. The summed E-state index contributed by atoms with van der Waals surface area (Å²) in [6.07, 6.45) is 0. The van der Waals surface area contributed by atoms with E-state index >= 15 is 0 Å². The van der Waals surface area contributed by atoms with E-state index in [9.17, 15) is 5.11 Å². The highest BCUT2D eigenvalue weighted by atomic mass is 35.5. The van der Waals surface area contributed by atoms with E-state index in [4.69, 9.17) is 40.5 Å². The van der Waals surface area contributed by atoms with Gasteiger partial charge in [0.2, 0.25) is 0 Å². The normalized spacial score (nSPS) is 11.5. The van der Waals surface area contributed by atoms with Crippen molar-refractivity contribution in [2.75, 3.05) is 0 Å². The summed E-state index contributed by atoms with van der Waals surface area (Å²) in [6.45, 7) is 4.16. The number of phenolic OH excluding ortho intramolecular Hbond substituents is 1. The van der Waals surface area contributed by atoms with Crippen LogP contribution in [0.1, 0.15) is 19.9 Å². The van der Waals surface area contributed by atoms with E-state index in [-0.39, 0.29) is 21.6 Å². The zero-order valence-electron chi connectivity index (χ0n) is 15.1. The maximum absolute atomic E-state index is 10.4. The molecule has 2 aromatic heterocycles. The van der Waals surface area contributed by atoms with E-state index in [1.807, 2.05) is 28.9 Å². The van der Waals surface area contributed by atoms with Crippen molar-refractivity contribution >= 4 is 46.3 Å². The van der Waals surface area contributed by atoms with Crippen LogP contribution < -0.4 is 0 Å². The van der Waals surface area contributed by atoms with E-state index in [1.54, 1.807) is 12.1 Å². The summed E-state index contributed by atoms with van der Waals surface area (Å²) in [6, 6.07) is 13.1. The topological polar surface area (TPSA) is 66.7 Å². The molecule has 0 spiro atoms. The summed E-state index contributed by atoms with van der Waals surface area (Å²) in [5, 5.41) is 16.7. The molecule has 5 nitrogen and oxygen atoms in total. The quantitative estimate of drug-likeness (QED) is 0.368. The van der Waals surface area contributed by atoms with Gasteiger partial charge in [-0.3, -0.25) is 4.68 Å². The summed E-state index contributed by atoms with van der Waals surface area (Å²) >= 11 is 17.5. The lowest BCUT2D eigenvalue weighted by Crippen LogP contribution is -2.02. The Morgan fingerprint density at radius 1 is 1.14 bits per heavy atom. The largest absolute Gasteiger partial charge is 0.506 e. The molecule has 4 rings (SSSR count). The van der Waals surface area contributed by atoms with Crippen LogP contribution in [0.3, 0.4) is 0 Å². The molecular formula is C20H16Cl2N4OS. The number of nitrogens with zero attached hydrogens (tertiary/aromatic N) is 3. The fourth-order valence-electron chi connectivity index (χ4n) is 3.17. The number of para-hydroxylation sites is 1. The van der Waals surface area contributed by atoms with Crippen LogP contribution in [0.2, 0.25) is 10.0 Å². The molecule has 0 aliphatic carbocycles. The van der Waals surface area contributed by atoms with Gasteiger partial charge in [0.1, 0.15) is 11.4 Å². The van der Waals surface area contributed by atoms with Gasteiger partial charge >= 0.3 is 0 Å². The fourth-order valence-corrected chi connectivity index (χ4v) is 3.87. The number of halogens is 2. The lowest BCUT2D eigenvalue weighted by atomic mass is 10.1. The third-order valence-electron chi connectivity index (χ3n) is 4.41. The zero-order chi connectivity index (χ0) is 20.0. The highest BCUT2D eigenvalue weighted by molar-refractivity contribution is 7.71. The van der Waals surface area contributed by atoms with Crippen LogP contribution in [-0.2, 0) is 0 Å². The molecule has 0 aliphatic rings. The average molecular weight is 431 g/mol. The van der Waals surface area contributed by atoms with Crippen LogP contribution >= 0.6 is 35.4 Å². The van der Waals surface area contributed by atoms with Gasteiger partial charge in [-0.15, -0.1) is 0 Å². The Kier molecular flexibility index (Phi) is 4.87. The minimum absolute atomic E-state index is 0.0947. The SMILES string of the molecule is CC(C)n1nc(-c2cc(-c3cc(Cl)cc(Cl)c3O)nc(=S)[nH]2)c2ccccc21. The number of rotatable bonds is 3. The second-order valence-corrected chi connectivity index (χ2v) is 7.90. The highest BCUT2D eigenvalue weighted by Gasteiger charge is 2.17. The smallest absolute Gasteiger partial charge is 0.197 e. The Morgan fingerprint density at radius 3 is 2.64 bits per heavy atom. The van der Waals surface area contributed by atoms with Gasteiger partial charge in [-0.2, -0.15) is 5.10 Å². The van der Waals surface area contributed by atoms with Gasteiger partial charge in [0, 0.05) is 22.0 Å². The summed E-state index contributed by atoms with van der Waals surface area (Å²) in [4.78, 5) is 7.45. The van der Waals surface area contributed by atoms with Crippen LogP contribution in [-0.4, -0.2) is 24.9 Å². The Morgan fingerprint density at radius 2 is 1.89 bits per heavy atom. The summed E-state index contributed by atoms with van der Waals surface area (Å²) < 4.78 is 2.24. The molecule has 142 valence electrons. The predicted molar refractivity (Wildman–Crippen MR) is 116 cm³/mol. The molecule has 0 bridgehead atoms. The van der Waals surface area contributed by atoms with Gasteiger partial charge in [0.15, 0.2) is 4.77 Å². The molecule has 4 aromatic rings. The maximum Gasteiger partial charge on any atom is 0.197 e. The first kappa shape index (κ1) is 18.9. The molecule has 2 heterocycles. The van der Waals surface area contributed by atoms with Crippen molar-refractivity contribution in [1.82, 2.24) is 19.7 Å². The van der Waals surface area contributed by atoms with Crippen molar-refractivity contribution in [3.8, 4) is 28.4 Å². The number of phenols is 1. The number of aromatic amines is 1. The number of hydrogen-bond acceptors (Lipinski definition) is 4. The maximum atomic E-state index is 10.4. The molecule has 0 atom stereocenters. The first-order valence-corrected chi connectivity index (χ1v) is 9.79. The Hall–Kier alpha value is -2.41. The Labute approximate surface area is 176 Å². The van der Waals surface area contributed by atoms with Gasteiger partial charge < -0.3 is 10.1 Å². The van der Waals surface area contributed by atoms with Gasteiger partial charge in [-0.1, -0.05) is 41.4 Å². The number of hydrogen-bond donors (Lipinski definition) is 2. The second-order valence-electron chi connectivity index (χ2n) is 6.67. The molecule has 8 heteroatoms. The number of fused-ring (bicyclic) bond motifs is 1. The number of benzene rings is 2. The molecule has 0 saturated heterocycles. The molecule has 0 radical (unpaired) electrons. The lowest BCUT2D eigenvalue weighted by molar-refractivity contribution is 0.477. The van der Waals surface area contributed by atoms with Crippen LogP contribution in [0.15, 0.2) is 42.5 Å². The van der Waals surface area contributed by atoms with Gasteiger partial charge in [-0.25, -0.2) is 4.98 Å². The summed E-state index contributed by atoms with van der Waals surface area (Å²) in [7, 11) is 0. The van der Waals surface area contributed by atoms with Crippen molar-refractivity contribution in [2.45, 2.75) is 19.9 Å². The molecule has 0 unspecified atom stereocenters. The summed E-state index contributed by atoms with van der Waals surface area (Å²) in [5.41, 5.74) is 3.35. The first-order chi connectivity index (χ1) is 13.3. The highest BCUT2D eigenvalue weighted by Crippen LogP contribution is 2.38. The van der Waals surface area contributed by atoms with E-state index in [2.05, 4.69) is 23.8 Å². The summed E-state index contributed by atoms with van der Waals surface area (Å²) in [5.74, 6) is -0.0947. The van der Waals surface area contributed by atoms with E-state index in [0.717, 1.165) is 16.6 Å². The van der Waals surface area contributed by atoms with Crippen LogP contribution in [0, 0.1) is 4.77 Å². The van der Waals surface area contributed by atoms with Gasteiger partial charge in [0.25, 0.3) is 0 Å². The van der Waals surface area contributed by atoms with Crippen molar-refractivity contribution in [1.29, 1.82) is 0 Å². The number of nitrogens with one attached hydrogen (secondary N) is 1. The minimum Gasteiger partial charge on any atom is -0.506 e. The van der Waals surface area contributed by atoms with Gasteiger partial charge in [0.05, 0.1) is 21.9 Å². The fraction of sp³-hybridized carbons (Fsp3) is 0.150. The molecular weight excluding hydrogens is 415 g/mol. The molecule has 28 heavy (non-hydrogen) atoms. The number of aromatic hydroxyl groups is 1. The third kappa shape index (κ3) is 3.28.